The molecule has 3 heterocycles. The molecule has 3 rings (SSSR count). The van der Waals surface area contributed by atoms with Crippen LogP contribution in [0.4, 0.5) is 0 Å². The molecule has 21 heavy (non-hydrogen) atoms. The van der Waals surface area contributed by atoms with Crippen LogP contribution in [0.1, 0.15) is 60.2 Å². The average Bonchev–Trinajstić information content (AvgIpc) is 2.99. The predicted octanol–water partition coefficient (Wildman–Crippen LogP) is 1.53. The minimum absolute atomic E-state index is 0.190. The van der Waals surface area contributed by atoms with Gasteiger partial charge < -0.3 is 14.9 Å². The van der Waals surface area contributed by atoms with Gasteiger partial charge in [-0.2, -0.15) is 0 Å². The Kier molecular flexibility index (Phi) is 3.72. The fourth-order valence-electron chi connectivity index (χ4n) is 2.64. The van der Waals surface area contributed by atoms with E-state index in [2.05, 4.69) is 25.5 Å². The molecule has 112 valence electrons. The summed E-state index contributed by atoms with van der Waals surface area (Å²) >= 11 is 0. The lowest BCUT2D eigenvalue weighted by atomic mass is 10.2. The normalized spacial score (nSPS) is 16.1. The van der Waals surface area contributed by atoms with E-state index in [-0.39, 0.29) is 11.9 Å². The van der Waals surface area contributed by atoms with Crippen LogP contribution in [-0.4, -0.2) is 30.6 Å². The SMILES string of the molecule is Cc1cnc(C(C)NC(=O)c2nnc3n2CCCCC3)[nH]1. The van der Waals surface area contributed by atoms with Crippen LogP contribution >= 0.6 is 0 Å². The van der Waals surface area contributed by atoms with Crippen LogP contribution in [0.15, 0.2) is 6.20 Å². The summed E-state index contributed by atoms with van der Waals surface area (Å²) in [7, 11) is 0. The fraction of sp³-hybridized carbons (Fsp3) is 0.571. The molecule has 0 fully saturated rings. The number of imidazole rings is 1. The summed E-state index contributed by atoms with van der Waals surface area (Å²) in [6, 6.07) is -0.190. The van der Waals surface area contributed by atoms with Crippen LogP contribution in [0.25, 0.3) is 0 Å². The zero-order valence-electron chi connectivity index (χ0n) is 12.4. The number of aromatic amines is 1. The van der Waals surface area contributed by atoms with Gasteiger partial charge in [-0.15, -0.1) is 10.2 Å². The van der Waals surface area contributed by atoms with E-state index < -0.39 is 0 Å². The van der Waals surface area contributed by atoms with Crippen LogP contribution in [-0.2, 0) is 13.0 Å². The monoisotopic (exact) mass is 288 g/mol. The van der Waals surface area contributed by atoms with E-state index in [9.17, 15) is 4.79 Å². The van der Waals surface area contributed by atoms with Crippen molar-refractivity contribution in [2.24, 2.45) is 0 Å². The first-order chi connectivity index (χ1) is 10.1. The molecule has 0 aliphatic carbocycles. The lowest BCUT2D eigenvalue weighted by molar-refractivity contribution is 0.0922. The number of aryl methyl sites for hydroxylation is 2. The molecule has 1 amide bonds. The maximum Gasteiger partial charge on any atom is 0.289 e. The molecule has 0 spiro atoms. The number of fused-ring (bicyclic) bond motifs is 1. The molecule has 7 nitrogen and oxygen atoms in total. The van der Waals surface area contributed by atoms with Crippen molar-refractivity contribution in [3.05, 3.63) is 29.4 Å². The highest BCUT2D eigenvalue weighted by atomic mass is 16.2. The minimum Gasteiger partial charge on any atom is -0.344 e. The third-order valence-corrected chi connectivity index (χ3v) is 3.79. The Hall–Kier alpha value is -2.18. The number of nitrogens with one attached hydrogen (secondary N) is 2. The quantitative estimate of drug-likeness (QED) is 0.896. The molecule has 7 heteroatoms. The number of amides is 1. The molecule has 2 N–H and O–H groups in total. The molecular weight excluding hydrogens is 268 g/mol. The second-order valence-electron chi connectivity index (χ2n) is 5.55. The van der Waals surface area contributed by atoms with Crippen molar-refractivity contribution in [2.45, 2.75) is 52.1 Å². The van der Waals surface area contributed by atoms with Crippen LogP contribution in [0, 0.1) is 6.92 Å². The van der Waals surface area contributed by atoms with E-state index in [0.717, 1.165) is 43.1 Å². The summed E-state index contributed by atoms with van der Waals surface area (Å²) in [6.45, 7) is 4.65. The van der Waals surface area contributed by atoms with E-state index in [4.69, 9.17) is 0 Å². The van der Waals surface area contributed by atoms with E-state index in [0.29, 0.717) is 5.82 Å². The van der Waals surface area contributed by atoms with Gasteiger partial charge in [-0.25, -0.2) is 4.98 Å². The number of carbonyl (C=O) groups is 1. The summed E-state index contributed by atoms with van der Waals surface area (Å²) in [4.78, 5) is 19.8. The van der Waals surface area contributed by atoms with E-state index in [1.807, 2.05) is 18.4 Å². The van der Waals surface area contributed by atoms with Crippen LogP contribution in [0.5, 0.6) is 0 Å². The van der Waals surface area contributed by atoms with Gasteiger partial charge in [-0.1, -0.05) is 6.42 Å². The fourth-order valence-corrected chi connectivity index (χ4v) is 2.64. The topological polar surface area (TPSA) is 88.5 Å². The van der Waals surface area contributed by atoms with Gasteiger partial charge in [-0.05, 0) is 26.7 Å². The summed E-state index contributed by atoms with van der Waals surface area (Å²) in [5.41, 5.74) is 0.974. The second kappa shape index (κ2) is 5.67. The van der Waals surface area contributed by atoms with E-state index in [1.54, 1.807) is 6.20 Å². The number of carbonyl (C=O) groups excluding carboxylic acids is 1. The maximum absolute atomic E-state index is 12.4. The van der Waals surface area contributed by atoms with Gasteiger partial charge in [0.1, 0.15) is 11.6 Å². The number of rotatable bonds is 3. The van der Waals surface area contributed by atoms with Crippen molar-refractivity contribution in [1.82, 2.24) is 30.0 Å². The van der Waals surface area contributed by atoms with E-state index in [1.165, 1.54) is 6.42 Å². The van der Waals surface area contributed by atoms with Gasteiger partial charge in [0, 0.05) is 24.9 Å². The Morgan fingerprint density at radius 2 is 2.24 bits per heavy atom. The van der Waals surface area contributed by atoms with Gasteiger partial charge in [-0.3, -0.25) is 4.79 Å². The highest BCUT2D eigenvalue weighted by Crippen LogP contribution is 2.15. The molecule has 0 aromatic carbocycles. The lowest BCUT2D eigenvalue weighted by Crippen LogP contribution is -2.30. The molecule has 1 aliphatic heterocycles. The van der Waals surface area contributed by atoms with Crippen molar-refractivity contribution in [1.29, 1.82) is 0 Å². The zero-order valence-corrected chi connectivity index (χ0v) is 12.4. The average molecular weight is 288 g/mol. The van der Waals surface area contributed by atoms with Crippen molar-refractivity contribution in [3.63, 3.8) is 0 Å². The van der Waals surface area contributed by atoms with Gasteiger partial charge in [0.25, 0.3) is 5.91 Å². The maximum atomic E-state index is 12.4. The Labute approximate surface area is 123 Å². The highest BCUT2D eigenvalue weighted by molar-refractivity contribution is 5.90. The molecule has 1 aliphatic rings. The van der Waals surface area contributed by atoms with E-state index >= 15 is 0 Å². The standard InChI is InChI=1S/C14H20N6O/c1-9-8-15-12(16-9)10(2)17-14(21)13-19-18-11-6-4-3-5-7-20(11)13/h8,10H,3-7H2,1-2H3,(H,15,16)(H,17,21). The van der Waals surface area contributed by atoms with Crippen molar-refractivity contribution in [3.8, 4) is 0 Å². The third-order valence-electron chi connectivity index (χ3n) is 3.79. The smallest absolute Gasteiger partial charge is 0.289 e. The Balaban J connectivity index is 1.75. The highest BCUT2D eigenvalue weighted by Gasteiger charge is 2.22. The Morgan fingerprint density at radius 1 is 1.38 bits per heavy atom. The summed E-state index contributed by atoms with van der Waals surface area (Å²) in [6.07, 6.45) is 6.00. The molecular formula is C14H20N6O. The van der Waals surface area contributed by atoms with Crippen LogP contribution in [0.3, 0.4) is 0 Å². The summed E-state index contributed by atoms with van der Waals surface area (Å²) < 4.78 is 1.95. The molecule has 0 radical (unpaired) electrons. The molecule has 0 bridgehead atoms. The zero-order chi connectivity index (χ0) is 14.8. The Morgan fingerprint density at radius 3 is 3.00 bits per heavy atom. The minimum atomic E-state index is -0.197. The number of nitrogens with zero attached hydrogens (tertiary/aromatic N) is 4. The van der Waals surface area contributed by atoms with Gasteiger partial charge >= 0.3 is 0 Å². The second-order valence-corrected chi connectivity index (χ2v) is 5.55. The largest absolute Gasteiger partial charge is 0.344 e. The van der Waals surface area contributed by atoms with Crippen molar-refractivity contribution >= 4 is 5.91 Å². The van der Waals surface area contributed by atoms with Gasteiger partial charge in [0.05, 0.1) is 6.04 Å². The Bertz CT molecular complexity index is 644. The number of hydrogen-bond donors (Lipinski definition) is 2. The van der Waals surface area contributed by atoms with Gasteiger partial charge in [0.15, 0.2) is 0 Å². The molecule has 0 saturated carbocycles. The third kappa shape index (κ3) is 2.81. The van der Waals surface area contributed by atoms with Crippen molar-refractivity contribution in [2.75, 3.05) is 0 Å². The number of H-pyrrole nitrogens is 1. The molecule has 0 saturated heterocycles. The summed E-state index contributed by atoms with van der Waals surface area (Å²) in [5, 5.41) is 11.1. The van der Waals surface area contributed by atoms with Gasteiger partial charge in [0.2, 0.25) is 5.82 Å². The van der Waals surface area contributed by atoms with Crippen molar-refractivity contribution < 1.29 is 4.79 Å². The molecule has 2 aromatic heterocycles. The first kappa shape index (κ1) is 13.8. The lowest BCUT2D eigenvalue weighted by Gasteiger charge is -2.12. The number of aromatic nitrogens is 5. The van der Waals surface area contributed by atoms with Crippen LogP contribution < -0.4 is 5.32 Å². The predicted molar refractivity (Wildman–Crippen MR) is 76.8 cm³/mol. The molecule has 1 unspecified atom stereocenters. The molecule has 1 atom stereocenters. The number of hydrogen-bond acceptors (Lipinski definition) is 4. The first-order valence-electron chi connectivity index (χ1n) is 7.39. The summed E-state index contributed by atoms with van der Waals surface area (Å²) in [5.74, 6) is 1.87. The molecule has 2 aromatic rings. The first-order valence-corrected chi connectivity index (χ1v) is 7.39. The van der Waals surface area contributed by atoms with Crippen LogP contribution in [0.2, 0.25) is 0 Å².